The Morgan fingerprint density at radius 2 is 1.48 bits per heavy atom. The van der Waals surface area contributed by atoms with Crippen molar-refractivity contribution in [2.75, 3.05) is 6.61 Å². The van der Waals surface area contributed by atoms with Crippen LogP contribution in [0.1, 0.15) is 0 Å². The summed E-state index contributed by atoms with van der Waals surface area (Å²) in [6.07, 6.45) is -6.39. The zero-order valence-corrected chi connectivity index (χ0v) is 17.2. The fourth-order valence-corrected chi connectivity index (χ4v) is 3.13. The lowest BCUT2D eigenvalue weighted by Crippen LogP contribution is -2.61. The van der Waals surface area contributed by atoms with Crippen molar-refractivity contribution in [2.24, 2.45) is 0 Å². The van der Waals surface area contributed by atoms with Crippen molar-refractivity contribution in [1.82, 2.24) is 0 Å². The highest BCUT2D eigenvalue weighted by Crippen LogP contribution is 2.27. The van der Waals surface area contributed by atoms with Crippen LogP contribution in [-0.4, -0.2) is 57.9 Å². The molecule has 5 atom stereocenters. The molecule has 0 radical (unpaired) electrons. The van der Waals surface area contributed by atoms with Gasteiger partial charge < -0.3 is 34.3 Å². The lowest BCUT2D eigenvalue weighted by atomic mass is 9.99. The molecule has 0 spiro atoms. The average molecular weight is 461 g/mol. The van der Waals surface area contributed by atoms with Crippen LogP contribution in [0.15, 0.2) is 48.5 Å². The van der Waals surface area contributed by atoms with Crippen LogP contribution in [0.25, 0.3) is 0 Å². The maximum atomic E-state index is 10.6. The molecule has 1 fully saturated rings. The number of thiocarbonyl (C=S) groups is 1. The Kier molecular flexibility index (Phi) is 7.53. The van der Waals surface area contributed by atoms with E-state index in [0.29, 0.717) is 21.5 Å². The van der Waals surface area contributed by atoms with E-state index < -0.39 is 37.3 Å². The molecule has 0 bridgehead atoms. The van der Waals surface area contributed by atoms with Crippen LogP contribution >= 0.6 is 35.4 Å². The van der Waals surface area contributed by atoms with E-state index in [-0.39, 0.29) is 5.24 Å². The zero-order chi connectivity index (χ0) is 21.0. The number of aliphatic hydroxyl groups is 3. The van der Waals surface area contributed by atoms with Gasteiger partial charge in [0.2, 0.25) is 6.29 Å². The van der Waals surface area contributed by atoms with Gasteiger partial charge in [0.1, 0.15) is 23.7 Å². The maximum absolute atomic E-state index is 10.6. The number of benzene rings is 2. The Balaban J connectivity index is 1.70. The molecule has 0 saturated carbocycles. The predicted octanol–water partition coefficient (Wildman–Crippen LogP) is 2.56. The maximum Gasteiger partial charge on any atom is 0.358 e. The molecule has 2 aromatic carbocycles. The van der Waals surface area contributed by atoms with Crippen LogP contribution in [0, 0.1) is 0 Å². The van der Waals surface area contributed by atoms with Crippen molar-refractivity contribution in [1.29, 1.82) is 0 Å². The molecular weight excluding hydrogens is 443 g/mol. The molecule has 0 aliphatic carbocycles. The summed E-state index contributed by atoms with van der Waals surface area (Å²) < 4.78 is 21.9. The van der Waals surface area contributed by atoms with Gasteiger partial charge in [-0.1, -0.05) is 23.2 Å². The molecule has 1 aliphatic heterocycles. The Morgan fingerprint density at radius 3 is 2.03 bits per heavy atom. The van der Waals surface area contributed by atoms with Crippen LogP contribution in [0.3, 0.4) is 0 Å². The standard InChI is InChI=1S/C19H18Cl2O7S/c20-10-1-5-12(6-2-10)25-18-16(24)17(15(23)14(9-22)27-18)28-19(29)26-13-7-3-11(21)4-8-13/h1-8,14-18,22-24H,9H2/t14-,15-,16+,17+,18-/m1/s1. The van der Waals surface area contributed by atoms with Crippen molar-refractivity contribution in [3.05, 3.63) is 58.6 Å². The van der Waals surface area contributed by atoms with Crippen LogP contribution in [0.4, 0.5) is 0 Å². The molecule has 1 saturated heterocycles. The summed E-state index contributed by atoms with van der Waals surface area (Å²) in [5, 5.41) is 31.2. The largest absolute Gasteiger partial charge is 0.462 e. The number of halogens is 2. The van der Waals surface area contributed by atoms with Crippen molar-refractivity contribution in [3.63, 3.8) is 0 Å². The number of rotatable bonds is 5. The summed E-state index contributed by atoms with van der Waals surface area (Å²) in [4.78, 5) is 0. The minimum Gasteiger partial charge on any atom is -0.462 e. The summed E-state index contributed by atoms with van der Waals surface area (Å²) >= 11 is 16.7. The number of aliphatic hydroxyl groups excluding tert-OH is 3. The number of hydrogen-bond donors (Lipinski definition) is 3. The van der Waals surface area contributed by atoms with Gasteiger partial charge >= 0.3 is 5.24 Å². The van der Waals surface area contributed by atoms with E-state index >= 15 is 0 Å². The first-order chi connectivity index (χ1) is 13.9. The number of hydrogen-bond acceptors (Lipinski definition) is 8. The van der Waals surface area contributed by atoms with Gasteiger partial charge in [0.25, 0.3) is 0 Å². The smallest absolute Gasteiger partial charge is 0.358 e. The highest BCUT2D eigenvalue weighted by atomic mass is 35.5. The van der Waals surface area contributed by atoms with Gasteiger partial charge in [-0.15, -0.1) is 0 Å². The van der Waals surface area contributed by atoms with Gasteiger partial charge in [0.15, 0.2) is 12.2 Å². The highest BCUT2D eigenvalue weighted by molar-refractivity contribution is 7.79. The molecule has 0 unspecified atom stereocenters. The first kappa shape index (κ1) is 22.0. The highest BCUT2D eigenvalue weighted by Gasteiger charge is 2.47. The summed E-state index contributed by atoms with van der Waals surface area (Å²) in [7, 11) is 0. The van der Waals surface area contributed by atoms with Gasteiger partial charge in [-0.25, -0.2) is 0 Å². The molecule has 156 valence electrons. The monoisotopic (exact) mass is 460 g/mol. The predicted molar refractivity (Wildman–Crippen MR) is 109 cm³/mol. The van der Waals surface area contributed by atoms with Crippen LogP contribution in [0.5, 0.6) is 11.5 Å². The van der Waals surface area contributed by atoms with E-state index in [4.69, 9.17) is 54.4 Å². The SMILES string of the molecule is OC[C@H]1O[C@@H](Oc2ccc(Cl)cc2)[C@@H](O)[C@@H](OC(=S)Oc2ccc(Cl)cc2)[C@@H]1O. The van der Waals surface area contributed by atoms with E-state index in [2.05, 4.69) is 0 Å². The second-order valence-electron chi connectivity index (χ2n) is 6.17. The van der Waals surface area contributed by atoms with Crippen LogP contribution in [-0.2, 0) is 9.47 Å². The van der Waals surface area contributed by atoms with E-state index in [1.165, 1.54) is 0 Å². The van der Waals surface area contributed by atoms with Gasteiger partial charge in [-0.05, 0) is 48.5 Å². The molecule has 10 heteroatoms. The first-order valence-electron chi connectivity index (χ1n) is 8.56. The minimum absolute atomic E-state index is 0.334. The Morgan fingerprint density at radius 1 is 0.931 bits per heavy atom. The van der Waals surface area contributed by atoms with Gasteiger partial charge in [-0.3, -0.25) is 0 Å². The molecule has 3 rings (SSSR count). The molecule has 29 heavy (non-hydrogen) atoms. The second kappa shape index (κ2) is 9.90. The summed E-state index contributed by atoms with van der Waals surface area (Å²) in [6.45, 7) is -0.529. The summed E-state index contributed by atoms with van der Waals surface area (Å²) in [5.74, 6) is 0.730. The number of ether oxygens (including phenoxy) is 4. The van der Waals surface area contributed by atoms with E-state index in [9.17, 15) is 15.3 Å². The lowest BCUT2D eigenvalue weighted by molar-refractivity contribution is -0.275. The Bertz CT molecular complexity index is 818. The molecule has 3 N–H and O–H groups in total. The lowest BCUT2D eigenvalue weighted by Gasteiger charge is -2.41. The van der Waals surface area contributed by atoms with Gasteiger partial charge in [0, 0.05) is 22.3 Å². The Hall–Kier alpha value is -1.65. The molecule has 1 aliphatic rings. The molecule has 0 aromatic heterocycles. The average Bonchev–Trinajstić information content (AvgIpc) is 2.70. The summed E-state index contributed by atoms with van der Waals surface area (Å²) in [6, 6.07) is 12.8. The fourth-order valence-electron chi connectivity index (χ4n) is 2.67. The zero-order valence-electron chi connectivity index (χ0n) is 14.9. The quantitative estimate of drug-likeness (QED) is 0.585. The summed E-state index contributed by atoms with van der Waals surface area (Å²) in [5.41, 5.74) is 0. The Labute approximate surface area is 182 Å². The third kappa shape index (κ3) is 5.70. The fraction of sp³-hybridized carbons (Fsp3) is 0.316. The second-order valence-corrected chi connectivity index (χ2v) is 7.37. The molecule has 0 amide bonds. The molecular formula is C19H18Cl2O7S. The van der Waals surface area contributed by atoms with Crippen molar-refractivity contribution in [3.8, 4) is 11.5 Å². The van der Waals surface area contributed by atoms with E-state index in [0.717, 1.165) is 0 Å². The first-order valence-corrected chi connectivity index (χ1v) is 9.72. The van der Waals surface area contributed by atoms with Crippen LogP contribution < -0.4 is 9.47 Å². The molecule has 7 nitrogen and oxygen atoms in total. The third-order valence-electron chi connectivity index (χ3n) is 4.13. The van der Waals surface area contributed by atoms with E-state index in [1.807, 2.05) is 0 Å². The topological polar surface area (TPSA) is 97.6 Å². The van der Waals surface area contributed by atoms with Crippen molar-refractivity contribution < 1.29 is 34.3 Å². The van der Waals surface area contributed by atoms with Gasteiger partial charge in [-0.2, -0.15) is 0 Å². The van der Waals surface area contributed by atoms with Crippen LogP contribution in [0.2, 0.25) is 10.0 Å². The normalized spacial score (nSPS) is 26.6. The molecule has 1 heterocycles. The van der Waals surface area contributed by atoms with Gasteiger partial charge in [0.05, 0.1) is 6.61 Å². The van der Waals surface area contributed by atoms with Crippen molar-refractivity contribution >= 4 is 40.7 Å². The van der Waals surface area contributed by atoms with E-state index in [1.54, 1.807) is 48.5 Å². The minimum atomic E-state index is -1.43. The molecule has 2 aromatic rings. The third-order valence-corrected chi connectivity index (χ3v) is 4.82. The van der Waals surface area contributed by atoms with Crippen molar-refractivity contribution in [2.45, 2.75) is 30.7 Å².